The number of halogens is 3. The van der Waals surface area contributed by atoms with Crippen LogP contribution in [0.15, 0.2) is 54.7 Å². The lowest BCUT2D eigenvalue weighted by Crippen LogP contribution is -2.31. The highest BCUT2D eigenvalue weighted by atomic mass is 19.4. The molecule has 4 aliphatic rings. The van der Waals surface area contributed by atoms with Crippen LogP contribution in [-0.2, 0) is 29.4 Å². The first-order valence-corrected chi connectivity index (χ1v) is 12.9. The molecule has 0 bridgehead atoms. The summed E-state index contributed by atoms with van der Waals surface area (Å²) in [5, 5.41) is 9.31. The van der Waals surface area contributed by atoms with Crippen LogP contribution in [0.2, 0.25) is 0 Å². The molecule has 0 saturated heterocycles. The van der Waals surface area contributed by atoms with Crippen molar-refractivity contribution in [3.05, 3.63) is 93.7 Å². The average molecular weight is 506 g/mol. The Morgan fingerprint density at radius 3 is 2.62 bits per heavy atom. The van der Waals surface area contributed by atoms with Crippen molar-refractivity contribution in [2.45, 2.75) is 62.1 Å². The van der Waals surface area contributed by atoms with Crippen molar-refractivity contribution in [2.75, 3.05) is 0 Å². The van der Waals surface area contributed by atoms with Crippen molar-refractivity contribution < 1.29 is 27.8 Å². The number of ether oxygens (including phenoxy) is 1. The number of hydrogen-bond acceptors (Lipinski definition) is 3. The molecule has 4 nitrogen and oxygen atoms in total. The third-order valence-corrected chi connectivity index (χ3v) is 9.26. The lowest BCUT2D eigenvalue weighted by Gasteiger charge is -2.40. The zero-order valence-electron chi connectivity index (χ0n) is 20.1. The second kappa shape index (κ2) is 7.83. The Labute approximate surface area is 212 Å². The minimum atomic E-state index is -4.39. The Kier molecular flexibility index (Phi) is 4.83. The Balaban J connectivity index is 1.15. The molecule has 2 fully saturated rings. The standard InChI is InChI=1S/C30H26F3NO3/c31-30(32,33)24-5-2-1-4-18(24)21-13-29(8-3-9-29)23-7-6-16(10-19(21)23)15-37-25-12-17-11-20-26(22(17)14-34-25)27(20)28(35)36/h1-2,4-7,10,12,14,20-21,26-27H,3,8-9,11,13,15H2,(H,35,36). The van der Waals surface area contributed by atoms with Crippen molar-refractivity contribution in [1.29, 1.82) is 0 Å². The van der Waals surface area contributed by atoms with Crippen LogP contribution in [0, 0.1) is 11.8 Å². The lowest BCUT2D eigenvalue weighted by molar-refractivity contribution is -0.139. The zero-order chi connectivity index (χ0) is 25.5. The van der Waals surface area contributed by atoms with Crippen molar-refractivity contribution in [3.8, 4) is 5.88 Å². The summed E-state index contributed by atoms with van der Waals surface area (Å²) in [6, 6.07) is 14.0. The molecule has 4 atom stereocenters. The number of fused-ring (bicyclic) bond motifs is 5. The van der Waals surface area contributed by atoms with Gasteiger partial charge in [0, 0.05) is 24.1 Å². The number of aromatic nitrogens is 1. The van der Waals surface area contributed by atoms with Crippen molar-refractivity contribution in [2.24, 2.45) is 11.8 Å². The minimum absolute atomic E-state index is 0.0196. The molecule has 7 rings (SSSR count). The van der Waals surface area contributed by atoms with Crippen LogP contribution in [0.5, 0.6) is 5.88 Å². The van der Waals surface area contributed by atoms with Crippen molar-refractivity contribution in [1.82, 2.24) is 4.98 Å². The molecule has 4 unspecified atom stereocenters. The van der Waals surface area contributed by atoms with E-state index in [0.717, 1.165) is 47.9 Å². The summed E-state index contributed by atoms with van der Waals surface area (Å²) in [6.45, 7) is 0.268. The highest BCUT2D eigenvalue weighted by molar-refractivity contribution is 5.77. The number of carboxylic acid groups (broad SMARTS) is 1. The molecule has 7 heteroatoms. The molecule has 4 aliphatic carbocycles. The van der Waals surface area contributed by atoms with Crippen LogP contribution in [0.3, 0.4) is 0 Å². The predicted molar refractivity (Wildman–Crippen MR) is 130 cm³/mol. The SMILES string of the molecule is O=C(O)C1C2Cc3cc(OCc4ccc5c(c4)C(c4ccccc4C(F)(F)F)CC54CCC4)ncc3C21. The van der Waals surface area contributed by atoms with E-state index in [2.05, 4.69) is 11.1 Å². The fraction of sp³-hybridized carbons (Fsp3) is 0.400. The first-order chi connectivity index (χ1) is 17.7. The highest BCUT2D eigenvalue weighted by Crippen LogP contribution is 2.62. The molecular weight excluding hydrogens is 479 g/mol. The molecular formula is C30H26F3NO3. The van der Waals surface area contributed by atoms with Gasteiger partial charge in [0.15, 0.2) is 0 Å². The molecule has 1 spiro atoms. The van der Waals surface area contributed by atoms with Gasteiger partial charge < -0.3 is 9.84 Å². The maximum atomic E-state index is 13.9. The maximum Gasteiger partial charge on any atom is 0.416 e. The largest absolute Gasteiger partial charge is 0.481 e. The van der Waals surface area contributed by atoms with Gasteiger partial charge in [0.2, 0.25) is 5.88 Å². The monoisotopic (exact) mass is 505 g/mol. The summed E-state index contributed by atoms with van der Waals surface area (Å²) in [6.07, 6.45) is 1.94. The Hall–Kier alpha value is -3.35. The van der Waals surface area contributed by atoms with Gasteiger partial charge in [-0.2, -0.15) is 13.2 Å². The smallest absolute Gasteiger partial charge is 0.416 e. The first-order valence-electron chi connectivity index (χ1n) is 12.9. The first kappa shape index (κ1) is 22.8. The number of aliphatic carboxylic acids is 1. The number of carbonyl (C=O) groups is 1. The molecule has 190 valence electrons. The molecule has 1 heterocycles. The zero-order valence-corrected chi connectivity index (χ0v) is 20.1. The van der Waals surface area contributed by atoms with E-state index in [1.54, 1.807) is 18.3 Å². The van der Waals surface area contributed by atoms with E-state index in [1.165, 1.54) is 17.7 Å². The third-order valence-electron chi connectivity index (χ3n) is 9.26. The lowest BCUT2D eigenvalue weighted by atomic mass is 9.64. The van der Waals surface area contributed by atoms with E-state index in [4.69, 9.17) is 4.74 Å². The van der Waals surface area contributed by atoms with Gasteiger partial charge in [0.1, 0.15) is 6.61 Å². The molecule has 3 aromatic rings. The Bertz CT molecular complexity index is 1430. The van der Waals surface area contributed by atoms with Crippen LogP contribution in [0.25, 0.3) is 0 Å². The van der Waals surface area contributed by atoms with E-state index >= 15 is 0 Å². The summed E-state index contributed by atoms with van der Waals surface area (Å²) >= 11 is 0. The number of benzene rings is 2. The number of hydrogen-bond donors (Lipinski definition) is 1. The average Bonchev–Trinajstić information content (AvgIpc) is 3.27. The Morgan fingerprint density at radius 1 is 1.08 bits per heavy atom. The molecule has 0 amide bonds. The van der Waals surface area contributed by atoms with Crippen LogP contribution >= 0.6 is 0 Å². The van der Waals surface area contributed by atoms with E-state index in [1.807, 2.05) is 18.2 Å². The number of carboxylic acids is 1. The quantitative estimate of drug-likeness (QED) is 0.424. The van der Waals surface area contributed by atoms with Crippen LogP contribution in [0.1, 0.15) is 76.5 Å². The fourth-order valence-corrected chi connectivity index (χ4v) is 7.34. The van der Waals surface area contributed by atoms with E-state index in [9.17, 15) is 23.1 Å². The molecule has 1 aromatic heterocycles. The molecule has 37 heavy (non-hydrogen) atoms. The molecule has 1 N–H and O–H groups in total. The Morgan fingerprint density at radius 2 is 1.89 bits per heavy atom. The minimum Gasteiger partial charge on any atom is -0.481 e. The van der Waals surface area contributed by atoms with Gasteiger partial charge in [-0.05, 0) is 76.5 Å². The van der Waals surface area contributed by atoms with Gasteiger partial charge >= 0.3 is 12.1 Å². The normalized spacial score (nSPS) is 26.2. The second-order valence-corrected chi connectivity index (χ2v) is 11.2. The molecule has 0 aliphatic heterocycles. The van der Waals surface area contributed by atoms with Gasteiger partial charge in [0.05, 0.1) is 11.5 Å². The van der Waals surface area contributed by atoms with Gasteiger partial charge in [0.25, 0.3) is 0 Å². The van der Waals surface area contributed by atoms with Crippen molar-refractivity contribution >= 4 is 5.97 Å². The number of alkyl halides is 3. The van der Waals surface area contributed by atoms with E-state index in [0.29, 0.717) is 17.9 Å². The highest BCUT2D eigenvalue weighted by Gasteiger charge is 2.60. The van der Waals surface area contributed by atoms with Gasteiger partial charge in [-0.3, -0.25) is 4.79 Å². The predicted octanol–water partition coefficient (Wildman–Crippen LogP) is 6.61. The summed E-state index contributed by atoms with van der Waals surface area (Å²) in [7, 11) is 0. The summed E-state index contributed by atoms with van der Waals surface area (Å²) in [5.74, 6) is -0.598. The third kappa shape index (κ3) is 3.50. The number of pyridine rings is 1. The second-order valence-electron chi connectivity index (χ2n) is 11.2. The van der Waals surface area contributed by atoms with Crippen LogP contribution in [0.4, 0.5) is 13.2 Å². The molecule has 2 saturated carbocycles. The molecule has 0 radical (unpaired) electrons. The van der Waals surface area contributed by atoms with Gasteiger partial charge in [-0.15, -0.1) is 0 Å². The number of nitrogens with zero attached hydrogens (tertiary/aromatic N) is 1. The summed E-state index contributed by atoms with van der Waals surface area (Å²) < 4.78 is 47.6. The van der Waals surface area contributed by atoms with Gasteiger partial charge in [-0.25, -0.2) is 4.98 Å². The summed E-state index contributed by atoms with van der Waals surface area (Å²) in [5.41, 5.74) is 4.98. The van der Waals surface area contributed by atoms with E-state index in [-0.39, 0.29) is 35.7 Å². The topological polar surface area (TPSA) is 59.4 Å². The van der Waals surface area contributed by atoms with Crippen LogP contribution in [-0.4, -0.2) is 16.1 Å². The fourth-order valence-electron chi connectivity index (χ4n) is 7.34. The van der Waals surface area contributed by atoms with Gasteiger partial charge in [-0.1, -0.05) is 42.8 Å². The number of rotatable bonds is 5. The summed E-state index contributed by atoms with van der Waals surface area (Å²) in [4.78, 5) is 15.8. The molecule has 2 aromatic carbocycles. The van der Waals surface area contributed by atoms with E-state index < -0.39 is 17.7 Å². The maximum absolute atomic E-state index is 13.9. The van der Waals surface area contributed by atoms with Crippen molar-refractivity contribution in [3.63, 3.8) is 0 Å². The van der Waals surface area contributed by atoms with Crippen LogP contribution < -0.4 is 4.74 Å².